The van der Waals surface area contributed by atoms with Gasteiger partial charge in [0.15, 0.2) is 0 Å². The Morgan fingerprint density at radius 3 is 2.62 bits per heavy atom. The molecule has 0 aliphatic carbocycles. The Kier molecular flexibility index (Phi) is 6.58. The number of benzene rings is 1. The first-order valence-electron chi connectivity index (χ1n) is 6.56. The molecule has 5 nitrogen and oxygen atoms in total. The van der Waals surface area contributed by atoms with Crippen molar-refractivity contribution in [3.8, 4) is 0 Å². The standard InChI is InChI=1S/C14H18F2N2O3/c1-9(2-5-13(19)20)7-17-14(21)18-8-10-3-4-11(15)6-12(10)16/h3-4,6,9H,2,5,7-8H2,1H3,(H,19,20)(H2,17,18,21). The minimum atomic E-state index is -0.877. The molecular weight excluding hydrogens is 282 g/mol. The monoisotopic (exact) mass is 300 g/mol. The van der Waals surface area contributed by atoms with E-state index in [1.54, 1.807) is 0 Å². The number of amides is 2. The largest absolute Gasteiger partial charge is 0.481 e. The number of carboxylic acids is 1. The maximum absolute atomic E-state index is 13.3. The maximum atomic E-state index is 13.3. The molecule has 0 bridgehead atoms. The molecule has 116 valence electrons. The van der Waals surface area contributed by atoms with Gasteiger partial charge >= 0.3 is 12.0 Å². The fraction of sp³-hybridized carbons (Fsp3) is 0.429. The van der Waals surface area contributed by atoms with Crippen LogP contribution in [0.4, 0.5) is 13.6 Å². The van der Waals surface area contributed by atoms with Gasteiger partial charge in [-0.2, -0.15) is 0 Å². The van der Waals surface area contributed by atoms with Gasteiger partial charge in [0.1, 0.15) is 11.6 Å². The molecule has 0 aliphatic heterocycles. The van der Waals surface area contributed by atoms with Gasteiger partial charge in [0.25, 0.3) is 0 Å². The molecule has 1 rings (SSSR count). The molecule has 1 atom stereocenters. The number of hydrogen-bond acceptors (Lipinski definition) is 2. The summed E-state index contributed by atoms with van der Waals surface area (Å²) >= 11 is 0. The molecule has 0 aromatic heterocycles. The zero-order valence-corrected chi connectivity index (χ0v) is 11.7. The van der Waals surface area contributed by atoms with Crippen molar-refractivity contribution in [2.24, 2.45) is 5.92 Å². The smallest absolute Gasteiger partial charge is 0.315 e. The fourth-order valence-electron chi connectivity index (χ4n) is 1.64. The van der Waals surface area contributed by atoms with Crippen LogP contribution in [0.2, 0.25) is 0 Å². The van der Waals surface area contributed by atoms with Crippen LogP contribution in [-0.2, 0) is 11.3 Å². The topological polar surface area (TPSA) is 78.4 Å². The zero-order chi connectivity index (χ0) is 15.8. The van der Waals surface area contributed by atoms with E-state index in [1.807, 2.05) is 6.92 Å². The number of carbonyl (C=O) groups excluding carboxylic acids is 1. The third-order valence-electron chi connectivity index (χ3n) is 2.92. The Bertz CT molecular complexity index is 509. The maximum Gasteiger partial charge on any atom is 0.315 e. The van der Waals surface area contributed by atoms with E-state index in [2.05, 4.69) is 10.6 Å². The summed E-state index contributed by atoms with van der Waals surface area (Å²) in [6.45, 7) is 2.09. The highest BCUT2D eigenvalue weighted by Gasteiger charge is 2.09. The summed E-state index contributed by atoms with van der Waals surface area (Å²) < 4.78 is 26.0. The first kappa shape index (κ1) is 16.9. The van der Waals surface area contributed by atoms with Gasteiger partial charge in [-0.15, -0.1) is 0 Å². The molecule has 0 radical (unpaired) electrons. The van der Waals surface area contributed by atoms with E-state index in [4.69, 9.17) is 5.11 Å². The van der Waals surface area contributed by atoms with Gasteiger partial charge in [0.05, 0.1) is 0 Å². The van der Waals surface area contributed by atoms with Crippen molar-refractivity contribution < 1.29 is 23.5 Å². The predicted octanol–water partition coefficient (Wildman–Crippen LogP) is 2.26. The van der Waals surface area contributed by atoms with Crippen LogP contribution in [0.15, 0.2) is 18.2 Å². The van der Waals surface area contributed by atoms with Gasteiger partial charge < -0.3 is 15.7 Å². The molecule has 1 aromatic carbocycles. The van der Waals surface area contributed by atoms with Crippen molar-refractivity contribution in [2.75, 3.05) is 6.54 Å². The fourth-order valence-corrected chi connectivity index (χ4v) is 1.64. The van der Waals surface area contributed by atoms with E-state index < -0.39 is 23.6 Å². The van der Waals surface area contributed by atoms with Crippen molar-refractivity contribution in [3.63, 3.8) is 0 Å². The minimum Gasteiger partial charge on any atom is -0.481 e. The predicted molar refractivity (Wildman–Crippen MR) is 72.6 cm³/mol. The summed E-state index contributed by atoms with van der Waals surface area (Å²) in [5, 5.41) is 13.6. The summed E-state index contributed by atoms with van der Waals surface area (Å²) in [6, 6.07) is 2.65. The van der Waals surface area contributed by atoms with Gasteiger partial charge in [0.2, 0.25) is 0 Å². The molecule has 1 unspecified atom stereocenters. The molecular formula is C14H18F2N2O3. The molecule has 0 spiro atoms. The number of rotatable bonds is 7. The van der Waals surface area contributed by atoms with Crippen LogP contribution in [0.1, 0.15) is 25.3 Å². The van der Waals surface area contributed by atoms with Crippen LogP contribution < -0.4 is 10.6 Å². The van der Waals surface area contributed by atoms with E-state index in [1.165, 1.54) is 6.07 Å². The van der Waals surface area contributed by atoms with Crippen molar-refractivity contribution in [1.82, 2.24) is 10.6 Å². The van der Waals surface area contributed by atoms with Gasteiger partial charge in [-0.1, -0.05) is 13.0 Å². The quantitative estimate of drug-likeness (QED) is 0.723. The molecule has 0 saturated heterocycles. The normalized spacial score (nSPS) is 11.8. The van der Waals surface area contributed by atoms with Crippen LogP contribution >= 0.6 is 0 Å². The van der Waals surface area contributed by atoms with E-state index >= 15 is 0 Å². The van der Waals surface area contributed by atoms with Crippen LogP contribution in [0.5, 0.6) is 0 Å². The first-order valence-corrected chi connectivity index (χ1v) is 6.56. The Balaban J connectivity index is 2.29. The highest BCUT2D eigenvalue weighted by Crippen LogP contribution is 2.09. The molecule has 0 saturated carbocycles. The SMILES string of the molecule is CC(CCC(=O)O)CNC(=O)NCc1ccc(F)cc1F. The number of urea groups is 1. The Labute approximate surface area is 121 Å². The number of carboxylic acid groups (broad SMARTS) is 1. The molecule has 7 heteroatoms. The van der Waals surface area contributed by atoms with E-state index in [0.29, 0.717) is 13.0 Å². The van der Waals surface area contributed by atoms with Crippen molar-refractivity contribution in [2.45, 2.75) is 26.3 Å². The second kappa shape index (κ2) is 8.18. The lowest BCUT2D eigenvalue weighted by molar-refractivity contribution is -0.137. The molecule has 0 fully saturated rings. The zero-order valence-electron chi connectivity index (χ0n) is 11.7. The Morgan fingerprint density at radius 1 is 1.29 bits per heavy atom. The molecule has 21 heavy (non-hydrogen) atoms. The van der Waals surface area contributed by atoms with E-state index in [0.717, 1.165) is 12.1 Å². The van der Waals surface area contributed by atoms with Gasteiger partial charge in [-0.3, -0.25) is 4.79 Å². The van der Waals surface area contributed by atoms with Crippen LogP contribution in [0.3, 0.4) is 0 Å². The number of aliphatic carboxylic acids is 1. The lowest BCUT2D eigenvalue weighted by atomic mass is 10.1. The average Bonchev–Trinajstić information content (AvgIpc) is 2.41. The minimum absolute atomic E-state index is 0.0226. The van der Waals surface area contributed by atoms with Crippen LogP contribution in [-0.4, -0.2) is 23.7 Å². The van der Waals surface area contributed by atoms with Crippen LogP contribution in [0.25, 0.3) is 0 Å². The third-order valence-corrected chi connectivity index (χ3v) is 2.92. The van der Waals surface area contributed by atoms with Gasteiger partial charge in [-0.25, -0.2) is 13.6 Å². The number of hydrogen-bond donors (Lipinski definition) is 3. The second-order valence-electron chi connectivity index (χ2n) is 4.84. The summed E-state index contributed by atoms with van der Waals surface area (Å²) in [5.74, 6) is -2.24. The van der Waals surface area contributed by atoms with Crippen LogP contribution in [0, 0.1) is 17.6 Å². The molecule has 1 aromatic rings. The number of carbonyl (C=O) groups is 2. The second-order valence-corrected chi connectivity index (χ2v) is 4.84. The highest BCUT2D eigenvalue weighted by atomic mass is 19.1. The van der Waals surface area contributed by atoms with Crippen molar-refractivity contribution in [3.05, 3.63) is 35.4 Å². The molecule has 3 N–H and O–H groups in total. The van der Waals surface area contributed by atoms with Gasteiger partial charge in [0, 0.05) is 31.1 Å². The molecule has 2 amide bonds. The lowest BCUT2D eigenvalue weighted by Crippen LogP contribution is -2.37. The third kappa shape index (κ3) is 6.69. The molecule has 0 aliphatic rings. The van der Waals surface area contributed by atoms with Crippen molar-refractivity contribution >= 4 is 12.0 Å². The Hall–Kier alpha value is -2.18. The summed E-state index contributed by atoms with van der Waals surface area (Å²) in [4.78, 5) is 21.9. The summed E-state index contributed by atoms with van der Waals surface area (Å²) in [7, 11) is 0. The number of nitrogens with one attached hydrogen (secondary N) is 2. The van der Waals surface area contributed by atoms with E-state index in [9.17, 15) is 18.4 Å². The van der Waals surface area contributed by atoms with Crippen molar-refractivity contribution in [1.29, 1.82) is 0 Å². The average molecular weight is 300 g/mol. The summed E-state index contributed by atoms with van der Waals surface area (Å²) in [5.41, 5.74) is 0.186. The Morgan fingerprint density at radius 2 is 2.00 bits per heavy atom. The van der Waals surface area contributed by atoms with E-state index in [-0.39, 0.29) is 24.4 Å². The highest BCUT2D eigenvalue weighted by molar-refractivity contribution is 5.73. The first-order chi connectivity index (χ1) is 9.88. The number of halogens is 2. The summed E-state index contributed by atoms with van der Waals surface area (Å²) in [6.07, 6.45) is 0.507. The lowest BCUT2D eigenvalue weighted by Gasteiger charge is -2.12. The van der Waals surface area contributed by atoms with Gasteiger partial charge in [-0.05, 0) is 18.4 Å². The molecule has 0 heterocycles.